The zero-order valence-corrected chi connectivity index (χ0v) is 17.1. The Balaban J connectivity index is 1.67. The van der Waals surface area contributed by atoms with E-state index in [-0.39, 0.29) is 18.1 Å². The molecule has 1 amide bonds. The minimum absolute atomic E-state index is 0.121. The van der Waals surface area contributed by atoms with Crippen LogP contribution in [0.15, 0.2) is 76.5 Å². The van der Waals surface area contributed by atoms with Crippen LogP contribution in [0.25, 0.3) is 0 Å². The fraction of sp³-hybridized carbons (Fsp3) is 0.0952. The first kappa shape index (κ1) is 20.3. The Labute approximate surface area is 176 Å². The average molecular weight is 456 g/mol. The molecule has 0 bridgehead atoms. The number of para-hydroxylation sites is 1. The molecule has 0 spiro atoms. The van der Waals surface area contributed by atoms with Gasteiger partial charge in [0.1, 0.15) is 30.0 Å². The SMILES string of the molecule is COc1ccnc(Oc2ccccc2)c1C(=O)N/C=N/OCc1ccccc1Br. The molecule has 0 saturated carbocycles. The number of nitrogens with zero attached hydrogens (tertiary/aromatic N) is 2. The van der Waals surface area contributed by atoms with E-state index in [1.807, 2.05) is 42.5 Å². The van der Waals surface area contributed by atoms with Gasteiger partial charge >= 0.3 is 0 Å². The summed E-state index contributed by atoms with van der Waals surface area (Å²) in [5, 5.41) is 6.30. The number of rotatable bonds is 8. The van der Waals surface area contributed by atoms with E-state index >= 15 is 0 Å². The van der Waals surface area contributed by atoms with Crippen molar-refractivity contribution >= 4 is 28.2 Å². The number of ether oxygens (including phenoxy) is 2. The van der Waals surface area contributed by atoms with Crippen molar-refractivity contribution in [1.29, 1.82) is 0 Å². The molecule has 0 aliphatic heterocycles. The van der Waals surface area contributed by atoms with E-state index in [1.165, 1.54) is 13.3 Å². The molecule has 1 heterocycles. The molecule has 0 saturated heterocycles. The number of oxime groups is 1. The Morgan fingerprint density at radius 1 is 1.14 bits per heavy atom. The Bertz CT molecular complexity index is 996. The number of benzene rings is 2. The highest BCUT2D eigenvalue weighted by Gasteiger charge is 2.20. The summed E-state index contributed by atoms with van der Waals surface area (Å²) in [6.45, 7) is 0.256. The molecule has 2 aromatic carbocycles. The van der Waals surface area contributed by atoms with Gasteiger partial charge in [-0.1, -0.05) is 57.5 Å². The maximum atomic E-state index is 12.7. The lowest BCUT2D eigenvalue weighted by Crippen LogP contribution is -2.23. The molecule has 0 unspecified atom stereocenters. The molecule has 8 heteroatoms. The van der Waals surface area contributed by atoms with Crippen molar-refractivity contribution in [2.24, 2.45) is 5.16 Å². The second-order valence-electron chi connectivity index (χ2n) is 5.68. The van der Waals surface area contributed by atoms with E-state index in [1.54, 1.807) is 18.2 Å². The molecule has 0 radical (unpaired) electrons. The standard InChI is InChI=1S/C21H18BrN3O4/c1-27-18-11-12-23-21(29-16-8-3-2-4-9-16)19(18)20(26)24-14-25-28-13-15-7-5-6-10-17(15)22/h2-12,14H,13H2,1H3,(H,24,25,26). The van der Waals surface area contributed by atoms with Crippen molar-refractivity contribution in [3.63, 3.8) is 0 Å². The fourth-order valence-corrected chi connectivity index (χ4v) is 2.80. The largest absolute Gasteiger partial charge is 0.496 e. The first-order chi connectivity index (χ1) is 14.2. The number of pyridine rings is 1. The number of carbonyl (C=O) groups excluding carboxylic acids is 1. The molecule has 1 aromatic heterocycles. The number of hydrogen-bond donors (Lipinski definition) is 1. The molecular weight excluding hydrogens is 438 g/mol. The molecule has 29 heavy (non-hydrogen) atoms. The molecule has 0 aliphatic rings. The minimum Gasteiger partial charge on any atom is -0.496 e. The molecular formula is C21H18BrN3O4. The summed E-state index contributed by atoms with van der Waals surface area (Å²) in [6, 6.07) is 18.2. The lowest BCUT2D eigenvalue weighted by atomic mass is 10.2. The lowest BCUT2D eigenvalue weighted by Gasteiger charge is -2.12. The van der Waals surface area contributed by atoms with Gasteiger partial charge in [0.25, 0.3) is 5.91 Å². The number of carbonyl (C=O) groups is 1. The lowest BCUT2D eigenvalue weighted by molar-refractivity contribution is 0.0965. The summed E-state index contributed by atoms with van der Waals surface area (Å²) in [4.78, 5) is 22.0. The first-order valence-electron chi connectivity index (χ1n) is 8.63. The van der Waals surface area contributed by atoms with Crippen LogP contribution in [0.3, 0.4) is 0 Å². The molecule has 0 atom stereocenters. The van der Waals surface area contributed by atoms with E-state index in [9.17, 15) is 4.79 Å². The van der Waals surface area contributed by atoms with Crippen molar-refractivity contribution in [1.82, 2.24) is 10.3 Å². The average Bonchev–Trinajstić information content (AvgIpc) is 2.75. The van der Waals surface area contributed by atoms with Gasteiger partial charge in [0.15, 0.2) is 0 Å². The predicted octanol–water partition coefficient (Wildman–Crippen LogP) is 4.53. The summed E-state index contributed by atoms with van der Waals surface area (Å²) in [7, 11) is 1.47. The highest BCUT2D eigenvalue weighted by molar-refractivity contribution is 9.10. The van der Waals surface area contributed by atoms with Gasteiger partial charge in [0.05, 0.1) is 7.11 Å². The third-order valence-electron chi connectivity index (χ3n) is 3.78. The highest BCUT2D eigenvalue weighted by atomic mass is 79.9. The molecule has 0 fully saturated rings. The van der Waals surface area contributed by atoms with Crippen molar-refractivity contribution in [3.05, 3.63) is 82.5 Å². The van der Waals surface area contributed by atoms with Crippen LogP contribution in [0, 0.1) is 0 Å². The summed E-state index contributed by atoms with van der Waals surface area (Å²) < 4.78 is 11.9. The van der Waals surface area contributed by atoms with Gasteiger partial charge in [0, 0.05) is 16.2 Å². The monoisotopic (exact) mass is 455 g/mol. The van der Waals surface area contributed by atoms with Gasteiger partial charge in [-0.15, -0.1) is 0 Å². The second-order valence-corrected chi connectivity index (χ2v) is 6.54. The summed E-state index contributed by atoms with van der Waals surface area (Å²) >= 11 is 3.43. The van der Waals surface area contributed by atoms with Crippen molar-refractivity contribution < 1.29 is 19.1 Å². The zero-order valence-electron chi connectivity index (χ0n) is 15.5. The molecule has 148 valence electrons. The number of amides is 1. The Morgan fingerprint density at radius 2 is 1.90 bits per heavy atom. The van der Waals surface area contributed by atoms with Crippen LogP contribution in [0.1, 0.15) is 15.9 Å². The van der Waals surface area contributed by atoms with Crippen LogP contribution in [-0.2, 0) is 11.4 Å². The number of nitrogens with one attached hydrogen (secondary N) is 1. The van der Waals surface area contributed by atoms with Crippen LogP contribution in [-0.4, -0.2) is 24.3 Å². The number of aromatic nitrogens is 1. The normalized spacial score (nSPS) is 10.6. The van der Waals surface area contributed by atoms with Gasteiger partial charge in [0.2, 0.25) is 5.88 Å². The molecule has 3 rings (SSSR count). The smallest absolute Gasteiger partial charge is 0.265 e. The van der Waals surface area contributed by atoms with E-state index in [2.05, 4.69) is 31.4 Å². The summed E-state index contributed by atoms with van der Waals surface area (Å²) in [5.41, 5.74) is 1.08. The third-order valence-corrected chi connectivity index (χ3v) is 4.56. The van der Waals surface area contributed by atoms with Gasteiger partial charge in [-0.3, -0.25) is 4.79 Å². The van der Waals surface area contributed by atoms with Gasteiger partial charge in [-0.05, 0) is 24.3 Å². The van der Waals surface area contributed by atoms with Gasteiger partial charge in [-0.25, -0.2) is 4.98 Å². The molecule has 1 N–H and O–H groups in total. The Hall–Kier alpha value is -3.39. The summed E-state index contributed by atoms with van der Waals surface area (Å²) in [5.74, 6) is 0.503. The van der Waals surface area contributed by atoms with Gasteiger partial charge in [-0.2, -0.15) is 0 Å². The van der Waals surface area contributed by atoms with Crippen LogP contribution in [0.2, 0.25) is 0 Å². The predicted molar refractivity (Wildman–Crippen MR) is 112 cm³/mol. The van der Waals surface area contributed by atoms with Crippen LogP contribution < -0.4 is 14.8 Å². The van der Waals surface area contributed by atoms with Crippen molar-refractivity contribution in [2.45, 2.75) is 6.61 Å². The third kappa shape index (κ3) is 5.55. The second kappa shape index (κ2) is 10.2. The molecule has 3 aromatic rings. The molecule has 7 nitrogen and oxygen atoms in total. The van der Waals surface area contributed by atoms with E-state index in [0.717, 1.165) is 16.4 Å². The minimum atomic E-state index is -0.492. The number of halogens is 1. The van der Waals surface area contributed by atoms with Gasteiger partial charge < -0.3 is 19.6 Å². The van der Waals surface area contributed by atoms with E-state index < -0.39 is 5.91 Å². The quantitative estimate of drug-likeness (QED) is 0.306. The van der Waals surface area contributed by atoms with E-state index in [4.69, 9.17) is 14.3 Å². The Kier molecular flexibility index (Phi) is 7.18. The van der Waals surface area contributed by atoms with Crippen LogP contribution in [0.5, 0.6) is 17.4 Å². The van der Waals surface area contributed by atoms with E-state index in [0.29, 0.717) is 11.5 Å². The first-order valence-corrected chi connectivity index (χ1v) is 9.42. The number of hydrogen-bond acceptors (Lipinski definition) is 6. The molecule has 0 aliphatic carbocycles. The Morgan fingerprint density at radius 3 is 2.66 bits per heavy atom. The number of methoxy groups -OCH3 is 1. The topological polar surface area (TPSA) is 82.0 Å². The summed E-state index contributed by atoms with van der Waals surface area (Å²) in [6.07, 6.45) is 2.67. The highest BCUT2D eigenvalue weighted by Crippen LogP contribution is 2.29. The fourth-order valence-electron chi connectivity index (χ4n) is 2.40. The van der Waals surface area contributed by atoms with Crippen LogP contribution >= 0.6 is 15.9 Å². The van der Waals surface area contributed by atoms with Crippen LogP contribution in [0.4, 0.5) is 0 Å². The van der Waals surface area contributed by atoms with Crippen molar-refractivity contribution in [2.75, 3.05) is 7.11 Å². The maximum Gasteiger partial charge on any atom is 0.265 e. The zero-order chi connectivity index (χ0) is 20.5. The van der Waals surface area contributed by atoms with Crippen molar-refractivity contribution in [3.8, 4) is 17.4 Å². The maximum absolute atomic E-state index is 12.7.